The number of hydrogen-bond acceptors (Lipinski definition) is 6. The van der Waals surface area contributed by atoms with Gasteiger partial charge in [0, 0.05) is 36.3 Å². The van der Waals surface area contributed by atoms with Gasteiger partial charge in [-0.15, -0.1) is 11.3 Å². The second kappa shape index (κ2) is 8.93. The largest absolute Gasteiger partial charge is 0.379 e. The molecule has 0 aliphatic carbocycles. The number of piperidine rings is 1. The molecule has 1 aromatic carbocycles. The van der Waals surface area contributed by atoms with Crippen molar-refractivity contribution in [2.24, 2.45) is 0 Å². The fourth-order valence-electron chi connectivity index (χ4n) is 3.64. The van der Waals surface area contributed by atoms with Gasteiger partial charge in [-0.05, 0) is 49.5 Å². The van der Waals surface area contributed by atoms with Gasteiger partial charge in [-0.25, -0.2) is 4.98 Å². The van der Waals surface area contributed by atoms with Crippen LogP contribution in [0.5, 0.6) is 0 Å². The molecule has 2 aliphatic rings. The van der Waals surface area contributed by atoms with Crippen LogP contribution in [0.25, 0.3) is 0 Å². The SMILES string of the molecule is O=C(Nc1ncc(C2CCNCC2)s1)c1cccc(CN2CCOCC2)c1. The summed E-state index contributed by atoms with van der Waals surface area (Å²) in [6.07, 6.45) is 4.20. The molecule has 0 atom stereocenters. The van der Waals surface area contributed by atoms with Crippen molar-refractivity contribution in [1.29, 1.82) is 0 Å². The summed E-state index contributed by atoms with van der Waals surface area (Å²) in [6.45, 7) is 6.40. The van der Waals surface area contributed by atoms with Crippen molar-refractivity contribution in [1.82, 2.24) is 15.2 Å². The maximum atomic E-state index is 12.7. The summed E-state index contributed by atoms with van der Waals surface area (Å²) in [7, 11) is 0. The standard InChI is InChI=1S/C20H26N4O2S/c25-19(23-20-22-13-18(27-20)16-4-6-21-7-5-16)17-3-1-2-15(12-17)14-24-8-10-26-11-9-24/h1-3,12-13,16,21H,4-11,14H2,(H,22,23,25). The van der Waals surface area contributed by atoms with Crippen LogP contribution in [0.1, 0.15) is 39.6 Å². The molecule has 144 valence electrons. The molecule has 27 heavy (non-hydrogen) atoms. The summed E-state index contributed by atoms with van der Waals surface area (Å²) in [5, 5.41) is 7.04. The van der Waals surface area contributed by atoms with Gasteiger partial charge in [0.05, 0.1) is 13.2 Å². The lowest BCUT2D eigenvalue weighted by Gasteiger charge is -2.26. The van der Waals surface area contributed by atoms with Crippen LogP contribution in [0, 0.1) is 0 Å². The van der Waals surface area contributed by atoms with Crippen LogP contribution in [-0.4, -0.2) is 55.2 Å². The van der Waals surface area contributed by atoms with Crippen molar-refractivity contribution in [3.8, 4) is 0 Å². The number of thiazole rings is 1. The monoisotopic (exact) mass is 386 g/mol. The molecule has 1 amide bonds. The molecule has 1 aromatic heterocycles. The highest BCUT2D eigenvalue weighted by Crippen LogP contribution is 2.31. The molecule has 2 aromatic rings. The number of aromatic nitrogens is 1. The van der Waals surface area contributed by atoms with Gasteiger partial charge in [0.2, 0.25) is 0 Å². The minimum atomic E-state index is -0.0926. The lowest BCUT2D eigenvalue weighted by Crippen LogP contribution is -2.35. The lowest BCUT2D eigenvalue weighted by molar-refractivity contribution is 0.0342. The zero-order chi connectivity index (χ0) is 18.5. The van der Waals surface area contributed by atoms with Gasteiger partial charge in [-0.3, -0.25) is 15.0 Å². The van der Waals surface area contributed by atoms with Crippen LogP contribution in [0.4, 0.5) is 5.13 Å². The fraction of sp³-hybridized carbons (Fsp3) is 0.500. The molecular formula is C20H26N4O2S. The van der Waals surface area contributed by atoms with Crippen molar-refractivity contribution in [3.05, 3.63) is 46.5 Å². The molecule has 7 heteroatoms. The second-order valence-electron chi connectivity index (χ2n) is 7.14. The molecule has 0 spiro atoms. The number of morpholine rings is 1. The molecule has 2 N–H and O–H groups in total. The normalized spacial score (nSPS) is 19.1. The van der Waals surface area contributed by atoms with Gasteiger partial charge in [-0.1, -0.05) is 12.1 Å². The molecule has 0 unspecified atom stereocenters. The molecule has 4 rings (SSSR count). The maximum absolute atomic E-state index is 12.7. The summed E-state index contributed by atoms with van der Waals surface area (Å²) < 4.78 is 5.40. The number of benzene rings is 1. The third-order valence-corrected chi connectivity index (χ3v) is 6.26. The first kappa shape index (κ1) is 18.6. The Labute approximate surface area is 163 Å². The smallest absolute Gasteiger partial charge is 0.257 e. The summed E-state index contributed by atoms with van der Waals surface area (Å²) in [5.41, 5.74) is 1.83. The number of carbonyl (C=O) groups is 1. The van der Waals surface area contributed by atoms with Crippen molar-refractivity contribution >= 4 is 22.4 Å². The molecular weight excluding hydrogens is 360 g/mol. The van der Waals surface area contributed by atoms with Gasteiger partial charge >= 0.3 is 0 Å². The number of ether oxygens (including phenoxy) is 1. The van der Waals surface area contributed by atoms with E-state index in [0.717, 1.165) is 64.3 Å². The Bertz CT molecular complexity index is 767. The van der Waals surface area contributed by atoms with E-state index in [4.69, 9.17) is 4.74 Å². The van der Waals surface area contributed by atoms with Gasteiger partial charge < -0.3 is 10.1 Å². The van der Waals surface area contributed by atoms with Gasteiger partial charge in [0.1, 0.15) is 0 Å². The van der Waals surface area contributed by atoms with Crippen LogP contribution < -0.4 is 10.6 Å². The molecule has 0 bridgehead atoms. The number of anilines is 1. The summed E-state index contributed by atoms with van der Waals surface area (Å²) in [5.74, 6) is 0.469. The number of rotatable bonds is 5. The number of nitrogens with zero attached hydrogens (tertiary/aromatic N) is 2. The zero-order valence-electron chi connectivity index (χ0n) is 15.4. The fourth-order valence-corrected chi connectivity index (χ4v) is 4.62. The minimum Gasteiger partial charge on any atom is -0.379 e. The number of hydrogen-bond donors (Lipinski definition) is 2. The average molecular weight is 387 g/mol. The summed E-state index contributed by atoms with van der Waals surface area (Å²) in [4.78, 5) is 20.7. The second-order valence-corrected chi connectivity index (χ2v) is 8.20. The van der Waals surface area contributed by atoms with Crippen LogP contribution in [0.2, 0.25) is 0 Å². The topological polar surface area (TPSA) is 66.5 Å². The summed E-state index contributed by atoms with van der Waals surface area (Å²) in [6, 6.07) is 7.86. The Morgan fingerprint density at radius 2 is 2.11 bits per heavy atom. The highest BCUT2D eigenvalue weighted by Gasteiger charge is 2.19. The van der Waals surface area contributed by atoms with E-state index in [9.17, 15) is 4.79 Å². The van der Waals surface area contributed by atoms with Crippen LogP contribution in [0.15, 0.2) is 30.5 Å². The molecule has 0 radical (unpaired) electrons. The molecule has 2 aliphatic heterocycles. The predicted octanol–water partition coefficient (Wildman–Crippen LogP) is 2.69. The Balaban J connectivity index is 1.38. The van der Waals surface area contributed by atoms with E-state index >= 15 is 0 Å². The molecule has 6 nitrogen and oxygen atoms in total. The third kappa shape index (κ3) is 4.93. The lowest BCUT2D eigenvalue weighted by atomic mass is 9.97. The highest BCUT2D eigenvalue weighted by molar-refractivity contribution is 7.15. The summed E-state index contributed by atoms with van der Waals surface area (Å²) >= 11 is 1.60. The Morgan fingerprint density at radius 3 is 2.93 bits per heavy atom. The number of carbonyl (C=O) groups excluding carboxylic acids is 1. The van der Waals surface area contributed by atoms with E-state index in [1.165, 1.54) is 4.88 Å². The molecule has 2 saturated heterocycles. The average Bonchev–Trinajstić information content (AvgIpc) is 3.18. The molecule has 2 fully saturated rings. The van der Waals surface area contributed by atoms with Gasteiger partial charge in [-0.2, -0.15) is 0 Å². The minimum absolute atomic E-state index is 0.0926. The Morgan fingerprint density at radius 1 is 1.30 bits per heavy atom. The maximum Gasteiger partial charge on any atom is 0.257 e. The quantitative estimate of drug-likeness (QED) is 0.827. The number of nitrogens with one attached hydrogen (secondary N) is 2. The van der Waals surface area contributed by atoms with Gasteiger partial charge in [0.25, 0.3) is 5.91 Å². The van der Waals surface area contributed by atoms with E-state index in [0.29, 0.717) is 16.6 Å². The predicted molar refractivity (Wildman–Crippen MR) is 107 cm³/mol. The van der Waals surface area contributed by atoms with Crippen LogP contribution in [0.3, 0.4) is 0 Å². The van der Waals surface area contributed by atoms with E-state index in [2.05, 4.69) is 26.6 Å². The molecule has 3 heterocycles. The molecule has 0 saturated carbocycles. The van der Waals surface area contributed by atoms with E-state index in [1.807, 2.05) is 24.4 Å². The number of amides is 1. The van der Waals surface area contributed by atoms with Crippen molar-refractivity contribution in [2.75, 3.05) is 44.7 Å². The van der Waals surface area contributed by atoms with Crippen molar-refractivity contribution in [2.45, 2.75) is 25.3 Å². The van der Waals surface area contributed by atoms with E-state index < -0.39 is 0 Å². The van der Waals surface area contributed by atoms with Crippen molar-refractivity contribution < 1.29 is 9.53 Å². The Hall–Kier alpha value is -1.80. The van der Waals surface area contributed by atoms with Gasteiger partial charge in [0.15, 0.2) is 5.13 Å². The third-order valence-electron chi connectivity index (χ3n) is 5.18. The first-order chi connectivity index (χ1) is 13.3. The van der Waals surface area contributed by atoms with E-state index in [1.54, 1.807) is 11.3 Å². The first-order valence-electron chi connectivity index (χ1n) is 9.65. The Kier molecular flexibility index (Phi) is 6.14. The highest BCUT2D eigenvalue weighted by atomic mass is 32.1. The van der Waals surface area contributed by atoms with E-state index in [-0.39, 0.29) is 5.91 Å². The van der Waals surface area contributed by atoms with Crippen molar-refractivity contribution in [3.63, 3.8) is 0 Å². The zero-order valence-corrected chi connectivity index (χ0v) is 16.3. The first-order valence-corrected chi connectivity index (χ1v) is 10.5. The van der Waals surface area contributed by atoms with Crippen LogP contribution in [-0.2, 0) is 11.3 Å². The van der Waals surface area contributed by atoms with Crippen LogP contribution >= 0.6 is 11.3 Å².